The second-order valence-corrected chi connectivity index (χ2v) is 6.30. The zero-order valence-electron chi connectivity index (χ0n) is 12.9. The molecule has 0 fully saturated rings. The summed E-state index contributed by atoms with van der Waals surface area (Å²) in [6.07, 6.45) is 0. The summed E-state index contributed by atoms with van der Waals surface area (Å²) in [6, 6.07) is 14.1. The number of aryl methyl sites for hydroxylation is 1. The first kappa shape index (κ1) is 14.4. The minimum absolute atomic E-state index is 0.0251. The Bertz CT molecular complexity index is 611. The molecule has 0 bridgehead atoms. The van der Waals surface area contributed by atoms with Gasteiger partial charge in [0.25, 0.3) is 0 Å². The van der Waals surface area contributed by atoms with E-state index in [0.29, 0.717) is 5.75 Å². The number of rotatable bonds is 2. The Balaban J connectivity index is 2.41. The number of phenols is 1. The van der Waals surface area contributed by atoms with Crippen LogP contribution in [0.2, 0.25) is 0 Å². The number of nitrogens with zero attached hydrogens (tertiary/aromatic N) is 1. The summed E-state index contributed by atoms with van der Waals surface area (Å²) in [6.45, 7) is 8.51. The topological polar surface area (TPSA) is 23.5 Å². The highest BCUT2D eigenvalue weighted by Crippen LogP contribution is 2.34. The third-order valence-corrected chi connectivity index (χ3v) is 3.70. The van der Waals surface area contributed by atoms with Crippen molar-refractivity contribution in [2.45, 2.75) is 33.2 Å². The predicted molar refractivity (Wildman–Crippen MR) is 86.4 cm³/mol. The van der Waals surface area contributed by atoms with Crippen LogP contribution in [-0.4, -0.2) is 17.7 Å². The summed E-state index contributed by atoms with van der Waals surface area (Å²) >= 11 is 0. The van der Waals surface area contributed by atoms with E-state index < -0.39 is 0 Å². The van der Waals surface area contributed by atoms with Crippen molar-refractivity contribution in [1.29, 1.82) is 0 Å². The van der Waals surface area contributed by atoms with E-state index in [0.717, 1.165) is 16.8 Å². The Morgan fingerprint density at radius 2 is 1.70 bits per heavy atom. The molecule has 0 saturated heterocycles. The van der Waals surface area contributed by atoms with Gasteiger partial charge >= 0.3 is 0 Å². The van der Waals surface area contributed by atoms with Crippen LogP contribution in [0.25, 0.3) is 11.1 Å². The van der Waals surface area contributed by atoms with Gasteiger partial charge in [-0.25, -0.2) is 0 Å². The van der Waals surface area contributed by atoms with Gasteiger partial charge in [-0.15, -0.1) is 0 Å². The molecule has 2 nitrogen and oxygen atoms in total. The van der Waals surface area contributed by atoms with Crippen molar-refractivity contribution < 1.29 is 5.11 Å². The third-order valence-electron chi connectivity index (χ3n) is 3.70. The van der Waals surface area contributed by atoms with Gasteiger partial charge in [-0.3, -0.25) is 0 Å². The molecule has 0 aliphatic heterocycles. The average Bonchev–Trinajstić information content (AvgIpc) is 2.36. The third kappa shape index (κ3) is 2.96. The first-order chi connectivity index (χ1) is 9.29. The van der Waals surface area contributed by atoms with Gasteiger partial charge in [-0.2, -0.15) is 0 Å². The summed E-state index contributed by atoms with van der Waals surface area (Å²) in [5.41, 5.74) is 4.16. The van der Waals surface area contributed by atoms with E-state index in [2.05, 4.69) is 50.8 Å². The smallest absolute Gasteiger partial charge is 0.125 e. The molecule has 2 heteroatoms. The second-order valence-electron chi connectivity index (χ2n) is 6.30. The van der Waals surface area contributed by atoms with E-state index in [-0.39, 0.29) is 5.54 Å². The van der Waals surface area contributed by atoms with Gasteiger partial charge < -0.3 is 10.0 Å². The average molecular weight is 269 g/mol. The van der Waals surface area contributed by atoms with Crippen molar-refractivity contribution in [2.75, 3.05) is 11.9 Å². The van der Waals surface area contributed by atoms with Crippen molar-refractivity contribution in [3.8, 4) is 16.9 Å². The fourth-order valence-corrected chi connectivity index (χ4v) is 2.17. The minimum atomic E-state index is 0.0251. The number of hydrogen-bond donors (Lipinski definition) is 1. The maximum absolute atomic E-state index is 10.3. The normalized spacial score (nSPS) is 11.4. The van der Waals surface area contributed by atoms with E-state index in [4.69, 9.17) is 0 Å². The molecule has 2 aromatic carbocycles. The number of aromatic hydroxyl groups is 1. The second kappa shape index (κ2) is 5.20. The van der Waals surface area contributed by atoms with E-state index in [9.17, 15) is 5.11 Å². The summed E-state index contributed by atoms with van der Waals surface area (Å²) in [7, 11) is 2.04. The van der Waals surface area contributed by atoms with E-state index in [1.807, 2.05) is 31.3 Å². The highest BCUT2D eigenvalue weighted by Gasteiger charge is 2.18. The minimum Gasteiger partial charge on any atom is -0.507 e. The molecule has 1 N–H and O–H groups in total. The van der Waals surface area contributed by atoms with Crippen LogP contribution in [-0.2, 0) is 0 Å². The molecule has 0 saturated carbocycles. The molecule has 0 heterocycles. The summed E-state index contributed by atoms with van der Waals surface area (Å²) < 4.78 is 0. The molecule has 2 rings (SSSR count). The van der Waals surface area contributed by atoms with Gasteiger partial charge in [0.05, 0.1) is 0 Å². The van der Waals surface area contributed by atoms with Gasteiger partial charge in [-0.1, -0.05) is 29.8 Å². The van der Waals surface area contributed by atoms with Crippen LogP contribution >= 0.6 is 0 Å². The van der Waals surface area contributed by atoms with Crippen molar-refractivity contribution >= 4 is 5.69 Å². The van der Waals surface area contributed by atoms with Crippen LogP contribution in [0.15, 0.2) is 42.5 Å². The first-order valence-electron chi connectivity index (χ1n) is 6.93. The number of phenolic OH excluding ortho intramolecular Hbond substituents is 1. The molecule has 106 valence electrons. The van der Waals surface area contributed by atoms with Crippen LogP contribution in [0, 0.1) is 6.92 Å². The molecule has 0 aliphatic carbocycles. The maximum Gasteiger partial charge on any atom is 0.125 e. The Morgan fingerprint density at radius 1 is 1.00 bits per heavy atom. The van der Waals surface area contributed by atoms with Gasteiger partial charge in [0.15, 0.2) is 0 Å². The molecule has 2 aromatic rings. The summed E-state index contributed by atoms with van der Waals surface area (Å²) in [4.78, 5) is 2.16. The maximum atomic E-state index is 10.3. The van der Waals surface area contributed by atoms with Crippen LogP contribution < -0.4 is 4.90 Å². The SMILES string of the molecule is Cc1cccc(-c2ccc(N(C)C(C)(C)C)cc2O)c1. The number of benzene rings is 2. The molecule has 0 amide bonds. The van der Waals surface area contributed by atoms with Crippen molar-refractivity contribution in [3.05, 3.63) is 48.0 Å². The lowest BCUT2D eigenvalue weighted by molar-refractivity contribution is 0.476. The monoisotopic (exact) mass is 269 g/mol. The molecule has 0 atom stereocenters. The van der Waals surface area contributed by atoms with Crippen LogP contribution in [0.1, 0.15) is 26.3 Å². The van der Waals surface area contributed by atoms with Crippen LogP contribution in [0.3, 0.4) is 0 Å². The molecule has 0 aromatic heterocycles. The van der Waals surface area contributed by atoms with Gasteiger partial charge in [0, 0.05) is 29.9 Å². The fraction of sp³-hybridized carbons (Fsp3) is 0.333. The lowest BCUT2D eigenvalue weighted by Crippen LogP contribution is -2.37. The van der Waals surface area contributed by atoms with Crippen molar-refractivity contribution in [1.82, 2.24) is 0 Å². The van der Waals surface area contributed by atoms with Crippen LogP contribution in [0.4, 0.5) is 5.69 Å². The molecular weight excluding hydrogens is 246 g/mol. The van der Waals surface area contributed by atoms with Gasteiger partial charge in [0.1, 0.15) is 5.75 Å². The Kier molecular flexibility index (Phi) is 3.76. The predicted octanol–water partition coefficient (Wildman–Crippen LogP) is 4.60. The van der Waals surface area contributed by atoms with Gasteiger partial charge in [0.2, 0.25) is 0 Å². The summed E-state index contributed by atoms with van der Waals surface area (Å²) in [5, 5.41) is 10.3. The Hall–Kier alpha value is -1.96. The van der Waals surface area contributed by atoms with Crippen molar-refractivity contribution in [3.63, 3.8) is 0 Å². The molecule has 0 spiro atoms. The van der Waals surface area contributed by atoms with E-state index >= 15 is 0 Å². The van der Waals surface area contributed by atoms with Gasteiger partial charge in [-0.05, 0) is 45.4 Å². The lowest BCUT2D eigenvalue weighted by Gasteiger charge is -2.34. The zero-order valence-corrected chi connectivity index (χ0v) is 12.9. The van der Waals surface area contributed by atoms with E-state index in [1.54, 1.807) is 0 Å². The quantitative estimate of drug-likeness (QED) is 0.861. The highest BCUT2D eigenvalue weighted by molar-refractivity contribution is 5.73. The molecule has 0 unspecified atom stereocenters. The standard InChI is InChI=1S/C18H23NO/c1-13-7-6-8-14(11-13)16-10-9-15(12-17(16)20)19(5)18(2,3)4/h6-12,20H,1-5H3. The zero-order chi connectivity index (χ0) is 14.9. The largest absolute Gasteiger partial charge is 0.507 e. The number of anilines is 1. The Morgan fingerprint density at radius 3 is 2.25 bits per heavy atom. The summed E-state index contributed by atoms with van der Waals surface area (Å²) in [5.74, 6) is 0.323. The first-order valence-corrected chi connectivity index (χ1v) is 6.93. The molecule has 0 radical (unpaired) electrons. The number of hydrogen-bond acceptors (Lipinski definition) is 2. The fourth-order valence-electron chi connectivity index (χ4n) is 2.17. The Labute approximate surface area is 121 Å². The lowest BCUT2D eigenvalue weighted by atomic mass is 10.0. The molecule has 20 heavy (non-hydrogen) atoms. The van der Waals surface area contributed by atoms with E-state index in [1.165, 1.54) is 5.56 Å². The van der Waals surface area contributed by atoms with Crippen molar-refractivity contribution in [2.24, 2.45) is 0 Å². The van der Waals surface area contributed by atoms with Crippen LogP contribution in [0.5, 0.6) is 5.75 Å². The molecule has 0 aliphatic rings. The highest BCUT2D eigenvalue weighted by atomic mass is 16.3. The molecular formula is C18H23NO.